The first-order chi connectivity index (χ1) is 5.68. The van der Waals surface area contributed by atoms with E-state index in [2.05, 4.69) is 15.9 Å². The predicted molar refractivity (Wildman–Crippen MR) is 47.0 cm³/mol. The van der Waals surface area contributed by atoms with Gasteiger partial charge in [-0.25, -0.2) is 0 Å². The monoisotopic (exact) mass is 232 g/mol. The van der Waals surface area contributed by atoms with Gasteiger partial charge in [0, 0.05) is 12.8 Å². The molecule has 0 unspecified atom stereocenters. The highest BCUT2D eigenvalue weighted by atomic mass is 79.9. The van der Waals surface area contributed by atoms with Gasteiger partial charge < -0.3 is 9.52 Å². The summed E-state index contributed by atoms with van der Waals surface area (Å²) in [5, 5.41) is 8.36. The first kappa shape index (κ1) is 9.32. The molecule has 0 radical (unpaired) electrons. The summed E-state index contributed by atoms with van der Waals surface area (Å²) in [4.78, 5) is 10.2. The number of hydrogen-bond donors (Lipinski definition) is 1. The summed E-state index contributed by atoms with van der Waals surface area (Å²) in [6.45, 7) is 0. The summed E-state index contributed by atoms with van der Waals surface area (Å²) in [7, 11) is 0. The summed E-state index contributed by atoms with van der Waals surface area (Å²) in [5.41, 5.74) is 0. The van der Waals surface area contributed by atoms with Gasteiger partial charge in [0.05, 0.1) is 4.47 Å². The second kappa shape index (κ2) is 4.30. The Kier molecular flexibility index (Phi) is 3.34. The molecule has 1 N–H and O–H groups in total. The van der Waals surface area contributed by atoms with Crippen molar-refractivity contribution < 1.29 is 14.3 Å². The van der Waals surface area contributed by atoms with E-state index in [9.17, 15) is 4.79 Å². The van der Waals surface area contributed by atoms with Crippen molar-refractivity contribution >= 4 is 21.9 Å². The normalized spacial score (nSPS) is 10.1. The Morgan fingerprint density at radius 1 is 1.67 bits per heavy atom. The summed E-state index contributed by atoms with van der Waals surface area (Å²) in [5.74, 6) is 0.0590. The number of aryl methyl sites for hydroxylation is 1. The molecule has 0 amide bonds. The topological polar surface area (TPSA) is 50.4 Å². The van der Waals surface area contributed by atoms with Crippen LogP contribution in [0.5, 0.6) is 0 Å². The van der Waals surface area contributed by atoms with Gasteiger partial charge in [-0.15, -0.1) is 0 Å². The number of aliphatic carboxylic acids is 1. The van der Waals surface area contributed by atoms with Crippen LogP contribution in [0.25, 0.3) is 0 Å². The number of halogens is 1. The van der Waals surface area contributed by atoms with Crippen LogP contribution in [-0.2, 0) is 11.2 Å². The first-order valence-electron chi connectivity index (χ1n) is 3.63. The number of carboxylic acid groups (broad SMARTS) is 1. The van der Waals surface area contributed by atoms with Crippen LogP contribution in [-0.4, -0.2) is 11.1 Å². The molecule has 0 aliphatic carbocycles. The molecule has 0 aliphatic rings. The number of furan rings is 1. The molecule has 3 nitrogen and oxygen atoms in total. The zero-order valence-corrected chi connectivity index (χ0v) is 8.00. The van der Waals surface area contributed by atoms with Gasteiger partial charge in [-0.2, -0.15) is 0 Å². The van der Waals surface area contributed by atoms with Crippen LogP contribution in [0, 0.1) is 0 Å². The highest BCUT2D eigenvalue weighted by molar-refractivity contribution is 9.10. The minimum Gasteiger partial charge on any atom is -0.481 e. The Labute approximate surface area is 78.5 Å². The molecule has 0 spiro atoms. The highest BCUT2D eigenvalue weighted by Crippen LogP contribution is 2.15. The molecule has 0 bridgehead atoms. The zero-order valence-electron chi connectivity index (χ0n) is 6.42. The fraction of sp³-hybridized carbons (Fsp3) is 0.375. The third-order valence-corrected chi connectivity index (χ3v) is 1.85. The van der Waals surface area contributed by atoms with E-state index < -0.39 is 5.97 Å². The zero-order chi connectivity index (χ0) is 8.97. The van der Waals surface area contributed by atoms with Gasteiger partial charge in [0.15, 0.2) is 0 Å². The maximum Gasteiger partial charge on any atom is 0.303 e. The van der Waals surface area contributed by atoms with E-state index in [-0.39, 0.29) is 6.42 Å². The van der Waals surface area contributed by atoms with Crippen molar-refractivity contribution in [2.45, 2.75) is 19.3 Å². The van der Waals surface area contributed by atoms with Gasteiger partial charge in [-0.1, -0.05) is 0 Å². The van der Waals surface area contributed by atoms with E-state index in [4.69, 9.17) is 9.52 Å². The predicted octanol–water partition coefficient (Wildman–Crippen LogP) is 2.45. The molecule has 0 aromatic carbocycles. The Bertz CT molecular complexity index is 267. The summed E-state index contributed by atoms with van der Waals surface area (Å²) in [6.07, 6.45) is 3.08. The second-order valence-electron chi connectivity index (χ2n) is 2.48. The lowest BCUT2D eigenvalue weighted by atomic mass is 10.2. The Morgan fingerprint density at radius 3 is 2.92 bits per heavy atom. The van der Waals surface area contributed by atoms with Gasteiger partial charge in [-0.3, -0.25) is 4.79 Å². The molecule has 1 aromatic rings. The molecule has 0 fully saturated rings. The van der Waals surface area contributed by atoms with E-state index in [1.54, 1.807) is 6.26 Å². The molecule has 0 saturated carbocycles. The van der Waals surface area contributed by atoms with Crippen molar-refractivity contribution in [3.8, 4) is 0 Å². The fourth-order valence-corrected chi connectivity index (χ4v) is 1.25. The third kappa shape index (κ3) is 3.09. The molecular formula is C8H9BrO3. The van der Waals surface area contributed by atoms with Crippen LogP contribution in [0.1, 0.15) is 18.6 Å². The maximum atomic E-state index is 10.2. The van der Waals surface area contributed by atoms with Crippen molar-refractivity contribution in [3.63, 3.8) is 0 Å². The highest BCUT2D eigenvalue weighted by Gasteiger charge is 2.01. The van der Waals surface area contributed by atoms with Gasteiger partial charge in [-0.05, 0) is 28.4 Å². The quantitative estimate of drug-likeness (QED) is 0.868. The van der Waals surface area contributed by atoms with E-state index >= 15 is 0 Å². The smallest absolute Gasteiger partial charge is 0.303 e. The Morgan fingerprint density at radius 2 is 2.42 bits per heavy atom. The molecule has 4 heteroatoms. The molecular weight excluding hydrogens is 224 g/mol. The maximum absolute atomic E-state index is 10.2. The van der Waals surface area contributed by atoms with Crippen LogP contribution >= 0.6 is 15.9 Å². The number of carboxylic acids is 1. The van der Waals surface area contributed by atoms with Crippen LogP contribution < -0.4 is 0 Å². The van der Waals surface area contributed by atoms with Crippen LogP contribution in [0.3, 0.4) is 0 Å². The minimum atomic E-state index is -0.763. The lowest BCUT2D eigenvalue weighted by Gasteiger charge is -1.92. The molecule has 0 aliphatic heterocycles. The molecule has 1 aromatic heterocycles. The summed E-state index contributed by atoms with van der Waals surface area (Å²) in [6, 6.07) is 1.85. The molecule has 66 valence electrons. The molecule has 0 atom stereocenters. The third-order valence-electron chi connectivity index (χ3n) is 1.44. The first-order valence-corrected chi connectivity index (χ1v) is 4.42. The number of rotatable bonds is 4. The standard InChI is InChI=1S/C8H9BrO3/c9-6-4-7(12-5-6)2-1-3-8(10)11/h4-5H,1-3H2,(H,10,11). The number of hydrogen-bond acceptors (Lipinski definition) is 2. The Hall–Kier alpha value is -0.770. The van der Waals surface area contributed by atoms with Crippen LogP contribution in [0.2, 0.25) is 0 Å². The van der Waals surface area contributed by atoms with Crippen molar-refractivity contribution in [1.29, 1.82) is 0 Å². The lowest BCUT2D eigenvalue weighted by Crippen LogP contribution is -1.94. The largest absolute Gasteiger partial charge is 0.481 e. The van der Waals surface area contributed by atoms with Crippen LogP contribution in [0.15, 0.2) is 21.2 Å². The van der Waals surface area contributed by atoms with Crippen molar-refractivity contribution in [3.05, 3.63) is 22.6 Å². The van der Waals surface area contributed by atoms with E-state index in [1.807, 2.05) is 6.07 Å². The van der Waals surface area contributed by atoms with Crippen LogP contribution in [0.4, 0.5) is 0 Å². The number of carbonyl (C=O) groups is 1. The molecule has 1 heterocycles. The van der Waals surface area contributed by atoms with Gasteiger partial charge >= 0.3 is 5.97 Å². The SMILES string of the molecule is O=C(O)CCCc1cc(Br)co1. The van der Waals surface area contributed by atoms with Crippen molar-refractivity contribution in [2.24, 2.45) is 0 Å². The van der Waals surface area contributed by atoms with Crippen molar-refractivity contribution in [1.82, 2.24) is 0 Å². The van der Waals surface area contributed by atoms with Gasteiger partial charge in [0.25, 0.3) is 0 Å². The van der Waals surface area contributed by atoms with Crippen molar-refractivity contribution in [2.75, 3.05) is 0 Å². The average Bonchev–Trinajstić information content (AvgIpc) is 2.35. The lowest BCUT2D eigenvalue weighted by molar-refractivity contribution is -0.137. The molecule has 0 saturated heterocycles. The van der Waals surface area contributed by atoms with Gasteiger partial charge in [0.2, 0.25) is 0 Å². The minimum absolute atomic E-state index is 0.193. The van der Waals surface area contributed by atoms with Gasteiger partial charge in [0.1, 0.15) is 12.0 Å². The van der Waals surface area contributed by atoms with E-state index in [0.29, 0.717) is 12.8 Å². The van der Waals surface area contributed by atoms with E-state index in [0.717, 1.165) is 10.2 Å². The average molecular weight is 233 g/mol. The second-order valence-corrected chi connectivity index (χ2v) is 3.39. The fourth-order valence-electron chi connectivity index (χ4n) is 0.899. The molecule has 1 rings (SSSR count). The molecule has 12 heavy (non-hydrogen) atoms. The summed E-state index contributed by atoms with van der Waals surface area (Å²) < 4.78 is 6.00. The Balaban J connectivity index is 2.29. The summed E-state index contributed by atoms with van der Waals surface area (Å²) >= 11 is 3.24. The van der Waals surface area contributed by atoms with E-state index in [1.165, 1.54) is 0 Å².